The number of aryl methyl sites for hydroxylation is 1. The third-order valence-corrected chi connectivity index (χ3v) is 5.89. The molecule has 0 spiro atoms. The Kier molecular flexibility index (Phi) is 4.00. The standard InChI is InChI=1S/C19H21N3S/c20-19(18-12-21-16-9-3-4-11-17(16)23-18)22-15-10-5-7-13-6-1-2-8-14(13)15/h3-5,7,9-11,18,21H,1-2,6,8,12H2,(H2,20,22). The second-order valence-corrected chi connectivity index (χ2v) is 7.39. The Labute approximate surface area is 141 Å². The summed E-state index contributed by atoms with van der Waals surface area (Å²) in [6.07, 6.45) is 4.84. The van der Waals surface area contributed by atoms with Crippen LogP contribution in [0.5, 0.6) is 0 Å². The maximum atomic E-state index is 6.36. The molecular weight excluding hydrogens is 302 g/mol. The Hall–Kier alpha value is -1.94. The van der Waals surface area contributed by atoms with Gasteiger partial charge in [-0.25, -0.2) is 4.99 Å². The largest absolute Gasteiger partial charge is 0.386 e. The summed E-state index contributed by atoms with van der Waals surface area (Å²) in [5, 5.41) is 3.64. The summed E-state index contributed by atoms with van der Waals surface area (Å²) in [6, 6.07) is 14.8. The van der Waals surface area contributed by atoms with E-state index in [-0.39, 0.29) is 5.25 Å². The smallest absolute Gasteiger partial charge is 0.115 e. The molecule has 2 aliphatic rings. The van der Waals surface area contributed by atoms with Crippen molar-refractivity contribution in [1.29, 1.82) is 0 Å². The van der Waals surface area contributed by atoms with E-state index >= 15 is 0 Å². The van der Waals surface area contributed by atoms with Crippen molar-refractivity contribution in [2.75, 3.05) is 11.9 Å². The van der Waals surface area contributed by atoms with E-state index in [9.17, 15) is 0 Å². The zero-order valence-corrected chi connectivity index (χ0v) is 13.9. The first-order chi connectivity index (χ1) is 11.3. The zero-order valence-electron chi connectivity index (χ0n) is 13.1. The van der Waals surface area contributed by atoms with Gasteiger partial charge in [0.1, 0.15) is 5.84 Å². The molecule has 0 saturated carbocycles. The molecule has 2 aromatic rings. The average Bonchev–Trinajstić information content (AvgIpc) is 2.61. The number of hydrogen-bond acceptors (Lipinski definition) is 3. The molecular formula is C19H21N3S. The molecule has 0 aromatic heterocycles. The minimum Gasteiger partial charge on any atom is -0.386 e. The highest BCUT2D eigenvalue weighted by Gasteiger charge is 2.22. The van der Waals surface area contributed by atoms with Crippen molar-refractivity contribution in [2.45, 2.75) is 35.8 Å². The lowest BCUT2D eigenvalue weighted by Gasteiger charge is -2.25. The predicted molar refractivity (Wildman–Crippen MR) is 98.9 cm³/mol. The van der Waals surface area contributed by atoms with Crippen molar-refractivity contribution < 1.29 is 0 Å². The fourth-order valence-electron chi connectivity index (χ4n) is 3.35. The first-order valence-corrected chi connectivity index (χ1v) is 9.13. The SMILES string of the molecule is NC(=Nc1cccc2c1CCCC2)C1CNc2ccccc2S1. The number of amidine groups is 1. The number of nitrogens with two attached hydrogens (primary N) is 1. The molecule has 1 unspecified atom stereocenters. The maximum absolute atomic E-state index is 6.36. The number of anilines is 1. The minimum absolute atomic E-state index is 0.185. The second kappa shape index (κ2) is 6.28. The summed E-state index contributed by atoms with van der Waals surface area (Å²) in [7, 11) is 0. The van der Waals surface area contributed by atoms with Gasteiger partial charge >= 0.3 is 0 Å². The van der Waals surface area contributed by atoms with Gasteiger partial charge in [-0.3, -0.25) is 0 Å². The molecule has 0 bridgehead atoms. The summed E-state index contributed by atoms with van der Waals surface area (Å²) in [5.41, 5.74) is 11.5. The van der Waals surface area contributed by atoms with Crippen LogP contribution in [0.1, 0.15) is 24.0 Å². The van der Waals surface area contributed by atoms with Gasteiger partial charge in [0.25, 0.3) is 0 Å². The van der Waals surface area contributed by atoms with Gasteiger partial charge in [-0.15, -0.1) is 11.8 Å². The van der Waals surface area contributed by atoms with E-state index < -0.39 is 0 Å². The minimum atomic E-state index is 0.185. The topological polar surface area (TPSA) is 50.4 Å². The Bertz CT molecular complexity index is 754. The van der Waals surface area contributed by atoms with Gasteiger partial charge in [-0.05, 0) is 55.0 Å². The highest BCUT2D eigenvalue weighted by Crippen LogP contribution is 2.36. The summed E-state index contributed by atoms with van der Waals surface area (Å²) >= 11 is 1.80. The van der Waals surface area contributed by atoms with E-state index in [0.29, 0.717) is 0 Å². The van der Waals surface area contributed by atoms with Gasteiger partial charge in [0.05, 0.1) is 10.9 Å². The van der Waals surface area contributed by atoms with Gasteiger partial charge in [-0.1, -0.05) is 24.3 Å². The van der Waals surface area contributed by atoms with Gasteiger partial charge < -0.3 is 11.1 Å². The maximum Gasteiger partial charge on any atom is 0.115 e. The van der Waals surface area contributed by atoms with Crippen LogP contribution in [0.3, 0.4) is 0 Å². The average molecular weight is 323 g/mol. The monoisotopic (exact) mass is 323 g/mol. The van der Waals surface area contributed by atoms with E-state index in [4.69, 9.17) is 10.7 Å². The van der Waals surface area contributed by atoms with Crippen LogP contribution in [0.4, 0.5) is 11.4 Å². The van der Waals surface area contributed by atoms with Crippen LogP contribution in [0, 0.1) is 0 Å². The van der Waals surface area contributed by atoms with E-state index in [2.05, 4.69) is 47.8 Å². The molecule has 4 heteroatoms. The van der Waals surface area contributed by atoms with Gasteiger partial charge in [0.2, 0.25) is 0 Å². The molecule has 0 radical (unpaired) electrons. The normalized spacial score (nSPS) is 20.3. The number of hydrogen-bond donors (Lipinski definition) is 2. The molecule has 3 N–H and O–H groups in total. The third kappa shape index (κ3) is 2.95. The summed E-state index contributed by atoms with van der Waals surface area (Å²) in [6.45, 7) is 0.825. The van der Waals surface area contributed by atoms with Crippen LogP contribution in [-0.2, 0) is 12.8 Å². The Morgan fingerprint density at radius 3 is 2.91 bits per heavy atom. The van der Waals surface area contributed by atoms with Crippen LogP contribution >= 0.6 is 11.8 Å². The fraction of sp³-hybridized carbons (Fsp3) is 0.316. The number of thioether (sulfide) groups is 1. The highest BCUT2D eigenvalue weighted by molar-refractivity contribution is 8.01. The van der Waals surface area contributed by atoms with Gasteiger partial charge in [0.15, 0.2) is 0 Å². The molecule has 3 nitrogen and oxygen atoms in total. The first-order valence-electron chi connectivity index (χ1n) is 8.25. The summed E-state index contributed by atoms with van der Waals surface area (Å²) in [4.78, 5) is 6.05. The Morgan fingerprint density at radius 1 is 1.09 bits per heavy atom. The molecule has 1 atom stereocenters. The number of nitrogens with one attached hydrogen (secondary N) is 1. The number of para-hydroxylation sites is 1. The highest BCUT2D eigenvalue weighted by atomic mass is 32.2. The lowest BCUT2D eigenvalue weighted by molar-refractivity contribution is 0.686. The molecule has 0 fully saturated rings. The summed E-state index contributed by atoms with van der Waals surface area (Å²) < 4.78 is 0. The fourth-order valence-corrected chi connectivity index (χ4v) is 4.43. The molecule has 2 aromatic carbocycles. The van der Waals surface area contributed by atoms with Crippen molar-refractivity contribution >= 4 is 29.0 Å². The quantitative estimate of drug-likeness (QED) is 0.645. The van der Waals surface area contributed by atoms with Crippen molar-refractivity contribution in [2.24, 2.45) is 10.7 Å². The van der Waals surface area contributed by atoms with Crippen molar-refractivity contribution in [3.05, 3.63) is 53.6 Å². The Balaban J connectivity index is 1.60. The number of fused-ring (bicyclic) bond motifs is 2. The summed E-state index contributed by atoms with van der Waals surface area (Å²) in [5.74, 6) is 0.718. The number of aliphatic imine (C=N–C) groups is 1. The van der Waals surface area contributed by atoms with E-state index in [1.165, 1.54) is 41.0 Å². The van der Waals surface area contributed by atoms with Crippen LogP contribution in [0.2, 0.25) is 0 Å². The first kappa shape index (κ1) is 14.6. The van der Waals surface area contributed by atoms with E-state index in [1.807, 2.05) is 0 Å². The third-order valence-electron chi connectivity index (χ3n) is 4.58. The zero-order chi connectivity index (χ0) is 15.6. The molecule has 0 saturated heterocycles. The van der Waals surface area contributed by atoms with Crippen LogP contribution in [-0.4, -0.2) is 17.6 Å². The van der Waals surface area contributed by atoms with Gasteiger partial charge in [-0.2, -0.15) is 0 Å². The van der Waals surface area contributed by atoms with Gasteiger partial charge in [0, 0.05) is 17.1 Å². The molecule has 23 heavy (non-hydrogen) atoms. The van der Waals surface area contributed by atoms with E-state index in [0.717, 1.165) is 24.5 Å². The Morgan fingerprint density at radius 2 is 1.96 bits per heavy atom. The number of rotatable bonds is 2. The van der Waals surface area contributed by atoms with Crippen molar-refractivity contribution in [3.8, 4) is 0 Å². The predicted octanol–water partition coefficient (Wildman–Crippen LogP) is 4.14. The molecule has 1 aliphatic heterocycles. The lowest BCUT2D eigenvalue weighted by Crippen LogP contribution is -2.34. The van der Waals surface area contributed by atoms with Crippen molar-refractivity contribution in [1.82, 2.24) is 0 Å². The number of benzene rings is 2. The molecule has 4 rings (SSSR count). The van der Waals surface area contributed by atoms with E-state index in [1.54, 1.807) is 11.8 Å². The van der Waals surface area contributed by atoms with Crippen LogP contribution in [0.25, 0.3) is 0 Å². The molecule has 0 amide bonds. The molecule has 1 aliphatic carbocycles. The molecule has 1 heterocycles. The van der Waals surface area contributed by atoms with Crippen molar-refractivity contribution in [3.63, 3.8) is 0 Å². The van der Waals surface area contributed by atoms with Crippen LogP contribution < -0.4 is 11.1 Å². The lowest BCUT2D eigenvalue weighted by atomic mass is 9.90. The van der Waals surface area contributed by atoms with Crippen LogP contribution in [0.15, 0.2) is 52.4 Å². The molecule has 118 valence electrons. The second-order valence-electron chi connectivity index (χ2n) is 6.14. The number of nitrogens with zero attached hydrogens (tertiary/aromatic N) is 1.